The molecule has 0 amide bonds. The van der Waals surface area contributed by atoms with Crippen molar-refractivity contribution < 1.29 is 19.2 Å². The summed E-state index contributed by atoms with van der Waals surface area (Å²) in [7, 11) is 2.07. The highest BCUT2D eigenvalue weighted by Gasteiger charge is 2.53. The molecule has 4 atom stereocenters. The maximum Gasteiger partial charge on any atom is 0.287 e. The van der Waals surface area contributed by atoms with Crippen LogP contribution in [0.5, 0.6) is 0 Å². The molecule has 36 heavy (non-hydrogen) atoms. The number of carbonyl (C=O) groups is 2. The average Bonchev–Trinajstić information content (AvgIpc) is 3.47. The van der Waals surface area contributed by atoms with Crippen LogP contribution in [0.15, 0.2) is 29.4 Å². The Labute approximate surface area is 209 Å². The van der Waals surface area contributed by atoms with Crippen molar-refractivity contribution in [1.29, 1.82) is 5.26 Å². The molecule has 1 spiro atoms. The van der Waals surface area contributed by atoms with E-state index in [1.165, 1.54) is 6.07 Å². The molecule has 2 fully saturated rings. The summed E-state index contributed by atoms with van der Waals surface area (Å²) in [5.74, 6) is -1.49. The van der Waals surface area contributed by atoms with Crippen LogP contribution in [0, 0.1) is 27.4 Å². The van der Waals surface area contributed by atoms with Crippen molar-refractivity contribution in [2.75, 3.05) is 20.2 Å². The zero-order valence-corrected chi connectivity index (χ0v) is 20.2. The Bertz CT molecular complexity index is 1210. The van der Waals surface area contributed by atoms with Gasteiger partial charge in [-0.25, -0.2) is 4.99 Å². The highest BCUT2D eigenvalue weighted by atomic mass is 16.6. The van der Waals surface area contributed by atoms with Gasteiger partial charge in [0.2, 0.25) is 5.78 Å². The van der Waals surface area contributed by atoms with Crippen LogP contribution in [-0.2, 0) is 26.2 Å². The lowest BCUT2D eigenvalue weighted by Crippen LogP contribution is -2.49. The minimum Gasteiger partial charge on any atom is -0.351 e. The summed E-state index contributed by atoms with van der Waals surface area (Å²) in [6.07, 6.45) is 7.39. The molecule has 0 bridgehead atoms. The third-order valence-electron chi connectivity index (χ3n) is 8.18. The number of nitrogens with zero attached hydrogens (tertiary/aromatic N) is 4. The number of fused-ring (bicyclic) bond motifs is 2. The van der Waals surface area contributed by atoms with Crippen molar-refractivity contribution in [3.05, 3.63) is 51.2 Å². The monoisotopic (exact) mass is 491 g/mol. The van der Waals surface area contributed by atoms with Gasteiger partial charge in [-0.15, -0.1) is 0 Å². The summed E-state index contributed by atoms with van der Waals surface area (Å²) >= 11 is 0. The predicted octanol–water partition coefficient (Wildman–Crippen LogP) is 2.54. The van der Waals surface area contributed by atoms with E-state index >= 15 is 0 Å². The number of ether oxygens (including phenoxy) is 1. The Morgan fingerprint density at radius 3 is 2.92 bits per heavy atom. The minimum atomic E-state index is -1.06. The van der Waals surface area contributed by atoms with E-state index in [9.17, 15) is 25.0 Å². The molecule has 1 N–H and O–H groups in total. The van der Waals surface area contributed by atoms with Gasteiger partial charge in [0, 0.05) is 18.3 Å². The Hall–Kier alpha value is -3.42. The molecule has 188 valence electrons. The second-order valence-electron chi connectivity index (χ2n) is 10.1. The lowest BCUT2D eigenvalue weighted by atomic mass is 9.63. The maximum atomic E-state index is 13.9. The molecule has 5 rings (SSSR count). The topological polar surface area (TPSA) is 138 Å². The first-order chi connectivity index (χ1) is 17.4. The Balaban J connectivity index is 1.38. The van der Waals surface area contributed by atoms with Gasteiger partial charge in [-0.05, 0) is 69.3 Å². The number of aryl methyl sites for hydroxylation is 1. The number of nitrogens with one attached hydrogen (secondary N) is 1. The van der Waals surface area contributed by atoms with E-state index in [2.05, 4.69) is 22.3 Å². The number of rotatable bonds is 6. The molecular formula is C26H29N5O5. The molecule has 2 aliphatic heterocycles. The van der Waals surface area contributed by atoms with E-state index in [1.54, 1.807) is 18.3 Å². The van der Waals surface area contributed by atoms with Gasteiger partial charge in [0.15, 0.2) is 17.8 Å². The molecule has 0 aromatic heterocycles. The summed E-state index contributed by atoms with van der Waals surface area (Å²) in [5.41, 5.74) is -0.186. The third kappa shape index (κ3) is 4.02. The molecular weight excluding hydrogens is 462 g/mol. The van der Waals surface area contributed by atoms with Crippen molar-refractivity contribution in [2.24, 2.45) is 10.9 Å². The first kappa shape index (κ1) is 24.3. The van der Waals surface area contributed by atoms with Crippen LogP contribution in [0.3, 0.4) is 0 Å². The van der Waals surface area contributed by atoms with Gasteiger partial charge in [-0.2, -0.15) is 5.26 Å². The van der Waals surface area contributed by atoms with Crippen LogP contribution in [-0.4, -0.2) is 59.7 Å². The molecule has 4 aliphatic rings. The van der Waals surface area contributed by atoms with Gasteiger partial charge >= 0.3 is 0 Å². The largest absolute Gasteiger partial charge is 0.351 e. The number of nitro groups is 1. The fourth-order valence-electron chi connectivity index (χ4n) is 6.28. The van der Waals surface area contributed by atoms with Crippen LogP contribution < -0.4 is 5.32 Å². The summed E-state index contributed by atoms with van der Waals surface area (Å²) in [5, 5.41) is 24.3. The molecule has 2 aliphatic carbocycles. The van der Waals surface area contributed by atoms with Crippen LogP contribution >= 0.6 is 0 Å². The van der Waals surface area contributed by atoms with Gasteiger partial charge in [-0.1, -0.05) is 12.5 Å². The number of Topliss-reactive ketones (excluding diaryl/α,β-unsaturated/α-hetero) is 2. The van der Waals surface area contributed by atoms with Crippen LogP contribution in [0.2, 0.25) is 0 Å². The van der Waals surface area contributed by atoms with Crippen molar-refractivity contribution in [2.45, 2.75) is 62.6 Å². The first-order valence-corrected chi connectivity index (χ1v) is 12.5. The minimum absolute atomic E-state index is 0.0575. The predicted molar refractivity (Wildman–Crippen MR) is 130 cm³/mol. The number of hydrogen-bond acceptors (Lipinski definition) is 9. The molecule has 10 heteroatoms. The summed E-state index contributed by atoms with van der Waals surface area (Å²) in [6.45, 7) is 1.54. The van der Waals surface area contributed by atoms with E-state index in [4.69, 9.17) is 4.74 Å². The Morgan fingerprint density at radius 2 is 2.19 bits per heavy atom. The Kier molecular flexibility index (Phi) is 6.45. The zero-order valence-electron chi connectivity index (χ0n) is 20.2. The summed E-state index contributed by atoms with van der Waals surface area (Å²) < 4.78 is 5.94. The zero-order chi connectivity index (χ0) is 25.4. The molecule has 1 saturated heterocycles. The molecule has 0 radical (unpaired) electrons. The number of nitriles is 1. The normalized spacial score (nSPS) is 29.5. The second kappa shape index (κ2) is 9.56. The van der Waals surface area contributed by atoms with Crippen LogP contribution in [0.25, 0.3) is 0 Å². The maximum absolute atomic E-state index is 13.9. The van der Waals surface area contributed by atoms with E-state index in [-0.39, 0.29) is 22.9 Å². The van der Waals surface area contributed by atoms with E-state index < -0.39 is 28.3 Å². The number of likely N-dealkylation sites (N-methyl/N-ethyl adjacent to an activating group) is 1. The van der Waals surface area contributed by atoms with Gasteiger partial charge < -0.3 is 15.0 Å². The highest BCUT2D eigenvalue weighted by molar-refractivity contribution is 6.43. The SMILES string of the molecule is CN1CCCC1COC1C=CNC(C(=O)C2CCCC3(CCc4ccc([N+](=O)[O-])c(C#N)c43)C2=O)=N1. The standard InChI is InChI=1S/C26H29N5O5/c1-30-13-3-4-17(30)15-36-21-9-12-28-25(29-21)23(32)18-5-2-10-26(24(18)33)11-8-16-6-7-20(31(34)35)19(14-27)22(16)26/h6-7,9,12,17-18,21H,2-5,8,10-11,13,15H2,1H3,(H,28,29). The fraction of sp³-hybridized carbons (Fsp3) is 0.538. The van der Waals surface area contributed by atoms with Crippen molar-refractivity contribution >= 4 is 23.1 Å². The lowest BCUT2D eigenvalue weighted by Gasteiger charge is -2.37. The molecule has 4 unspecified atom stereocenters. The summed E-state index contributed by atoms with van der Waals surface area (Å²) in [4.78, 5) is 45.1. The number of aliphatic imine (C=N–C) groups is 1. The molecule has 1 aromatic rings. The average molecular weight is 492 g/mol. The van der Waals surface area contributed by atoms with Gasteiger partial charge in [-0.3, -0.25) is 19.7 Å². The van der Waals surface area contributed by atoms with E-state index in [0.29, 0.717) is 50.3 Å². The summed E-state index contributed by atoms with van der Waals surface area (Å²) in [6, 6.07) is 5.28. The van der Waals surface area contributed by atoms with Crippen molar-refractivity contribution in [3.63, 3.8) is 0 Å². The van der Waals surface area contributed by atoms with Crippen LogP contribution in [0.4, 0.5) is 5.69 Å². The van der Waals surface area contributed by atoms with Gasteiger partial charge in [0.25, 0.3) is 5.69 Å². The van der Waals surface area contributed by atoms with Gasteiger partial charge in [0.1, 0.15) is 11.6 Å². The second-order valence-corrected chi connectivity index (χ2v) is 10.1. The first-order valence-electron chi connectivity index (χ1n) is 12.5. The number of nitro benzene ring substituents is 1. The molecule has 1 saturated carbocycles. The number of amidine groups is 1. The van der Waals surface area contributed by atoms with E-state index in [0.717, 1.165) is 24.9 Å². The molecule has 1 aromatic carbocycles. The Morgan fingerprint density at radius 1 is 1.36 bits per heavy atom. The number of hydrogen-bond donors (Lipinski definition) is 1. The lowest BCUT2D eigenvalue weighted by molar-refractivity contribution is -0.385. The third-order valence-corrected chi connectivity index (χ3v) is 8.18. The quantitative estimate of drug-likeness (QED) is 0.364. The van der Waals surface area contributed by atoms with Crippen LogP contribution in [0.1, 0.15) is 55.2 Å². The van der Waals surface area contributed by atoms with Crippen molar-refractivity contribution in [1.82, 2.24) is 10.2 Å². The number of benzene rings is 1. The fourth-order valence-corrected chi connectivity index (χ4v) is 6.28. The number of likely N-dealkylation sites (tertiary alicyclic amines) is 1. The molecule has 10 nitrogen and oxygen atoms in total. The molecule has 2 heterocycles. The van der Waals surface area contributed by atoms with E-state index in [1.807, 2.05) is 6.07 Å². The van der Waals surface area contributed by atoms with Gasteiger partial charge in [0.05, 0.1) is 22.9 Å². The highest BCUT2D eigenvalue weighted by Crippen LogP contribution is 2.51. The van der Waals surface area contributed by atoms with Crippen molar-refractivity contribution in [3.8, 4) is 6.07 Å². The smallest absolute Gasteiger partial charge is 0.287 e. The number of carbonyl (C=O) groups excluding carboxylic acids is 2. The number of ketones is 2.